The third kappa shape index (κ3) is 4.48. The lowest BCUT2D eigenvalue weighted by Gasteiger charge is -2.38. The van der Waals surface area contributed by atoms with Gasteiger partial charge in [-0.25, -0.2) is 0 Å². The number of nitrogens with zero attached hydrogens (tertiary/aromatic N) is 1. The van der Waals surface area contributed by atoms with E-state index in [1.807, 2.05) is 68.4 Å². The fourth-order valence-electron chi connectivity index (χ4n) is 4.84. The second kappa shape index (κ2) is 10.2. The molecule has 34 heavy (non-hydrogen) atoms. The highest BCUT2D eigenvalue weighted by Gasteiger charge is 2.55. The van der Waals surface area contributed by atoms with E-state index in [2.05, 4.69) is 46.6 Å². The van der Waals surface area contributed by atoms with E-state index in [-0.39, 0.29) is 36.3 Å². The van der Waals surface area contributed by atoms with Crippen LogP contribution in [0.4, 0.5) is 0 Å². The Bertz CT molecular complexity index is 1000. The van der Waals surface area contributed by atoms with Gasteiger partial charge in [0.05, 0.1) is 18.6 Å². The van der Waals surface area contributed by atoms with Gasteiger partial charge in [-0.2, -0.15) is 0 Å². The second-order valence-corrected chi connectivity index (χ2v) is 9.10. The number of ether oxygens (including phenoxy) is 1. The van der Waals surface area contributed by atoms with Crippen LogP contribution in [0, 0.1) is 11.8 Å². The van der Waals surface area contributed by atoms with Gasteiger partial charge in [-0.3, -0.25) is 14.5 Å². The van der Waals surface area contributed by atoms with Crippen LogP contribution in [0.3, 0.4) is 0 Å². The van der Waals surface area contributed by atoms with E-state index in [1.54, 1.807) is 0 Å². The van der Waals surface area contributed by atoms with Gasteiger partial charge in [-0.05, 0) is 22.6 Å². The van der Waals surface area contributed by atoms with Crippen molar-refractivity contribution in [3.8, 4) is 0 Å². The first-order valence-corrected chi connectivity index (χ1v) is 11.8. The molecule has 1 N–H and O–H groups in total. The summed E-state index contributed by atoms with van der Waals surface area (Å²) in [4.78, 5) is 27.7. The summed E-state index contributed by atoms with van der Waals surface area (Å²) in [5, 5.41) is 3.02. The first kappa shape index (κ1) is 23.7. The van der Waals surface area contributed by atoms with Crippen molar-refractivity contribution in [1.82, 2.24) is 10.2 Å². The van der Waals surface area contributed by atoms with Crippen LogP contribution in [0.2, 0.25) is 0 Å². The van der Waals surface area contributed by atoms with Crippen molar-refractivity contribution in [3.63, 3.8) is 0 Å². The summed E-state index contributed by atoms with van der Waals surface area (Å²) in [6.45, 7) is 4.81. The van der Waals surface area contributed by atoms with E-state index < -0.39 is 5.54 Å². The lowest BCUT2D eigenvalue weighted by atomic mass is 9.76. The summed E-state index contributed by atoms with van der Waals surface area (Å²) in [6.07, 6.45) is 0. The van der Waals surface area contributed by atoms with Gasteiger partial charge in [-0.1, -0.05) is 105 Å². The number of hydrogen-bond acceptors (Lipinski definition) is 4. The zero-order valence-corrected chi connectivity index (χ0v) is 20.0. The number of carbonyl (C=O) groups excluding carboxylic acids is 2. The predicted octanol–water partition coefficient (Wildman–Crippen LogP) is 4.22. The van der Waals surface area contributed by atoms with Crippen LogP contribution >= 0.6 is 0 Å². The molecule has 1 amide bonds. The van der Waals surface area contributed by atoms with Crippen molar-refractivity contribution in [1.29, 1.82) is 0 Å². The highest BCUT2D eigenvalue weighted by molar-refractivity contribution is 5.86. The number of methoxy groups -OCH3 is 1. The second-order valence-electron chi connectivity index (χ2n) is 9.10. The van der Waals surface area contributed by atoms with Crippen molar-refractivity contribution < 1.29 is 14.3 Å². The maximum atomic E-state index is 13.3. The number of rotatable bonds is 9. The third-order valence-corrected chi connectivity index (χ3v) is 6.73. The SMILES string of the molecule is COC(=O)[C@@H](CNC(=O)C1CN1C(c1ccccc1)(c1ccccc1)c1ccccc1)C(C)C. The Morgan fingerprint density at radius 3 is 1.71 bits per heavy atom. The molecule has 4 rings (SSSR count). The molecule has 0 aromatic heterocycles. The average Bonchev–Trinajstić information content (AvgIpc) is 3.67. The minimum absolute atomic E-state index is 0.0679. The average molecular weight is 457 g/mol. The summed E-state index contributed by atoms with van der Waals surface area (Å²) in [7, 11) is 1.39. The molecule has 5 nitrogen and oxygen atoms in total. The molecule has 3 aromatic rings. The van der Waals surface area contributed by atoms with E-state index >= 15 is 0 Å². The molecule has 1 aliphatic heterocycles. The molecule has 1 fully saturated rings. The third-order valence-electron chi connectivity index (χ3n) is 6.73. The maximum Gasteiger partial charge on any atom is 0.310 e. The Kier molecular flexibility index (Phi) is 7.13. The summed E-state index contributed by atoms with van der Waals surface area (Å²) >= 11 is 0. The zero-order chi connectivity index (χ0) is 24.1. The lowest BCUT2D eigenvalue weighted by molar-refractivity contribution is -0.146. The molecule has 3 atom stereocenters. The van der Waals surface area contributed by atoms with E-state index in [0.29, 0.717) is 6.54 Å². The van der Waals surface area contributed by atoms with Gasteiger partial charge in [0.15, 0.2) is 0 Å². The Hall–Kier alpha value is -3.44. The van der Waals surface area contributed by atoms with Crippen LogP contribution in [0.5, 0.6) is 0 Å². The van der Waals surface area contributed by atoms with E-state index in [9.17, 15) is 9.59 Å². The van der Waals surface area contributed by atoms with Gasteiger partial charge in [0.2, 0.25) is 5.91 Å². The Morgan fingerprint density at radius 1 is 0.882 bits per heavy atom. The van der Waals surface area contributed by atoms with E-state index in [4.69, 9.17) is 4.74 Å². The van der Waals surface area contributed by atoms with Crippen molar-refractivity contribution >= 4 is 11.9 Å². The van der Waals surface area contributed by atoms with Crippen LogP contribution in [0.25, 0.3) is 0 Å². The molecule has 0 spiro atoms. The maximum absolute atomic E-state index is 13.3. The molecular formula is C29H32N2O3. The van der Waals surface area contributed by atoms with Crippen molar-refractivity contribution in [2.45, 2.75) is 25.4 Å². The van der Waals surface area contributed by atoms with Crippen LogP contribution < -0.4 is 5.32 Å². The van der Waals surface area contributed by atoms with Gasteiger partial charge < -0.3 is 10.1 Å². The predicted molar refractivity (Wildman–Crippen MR) is 133 cm³/mol. The zero-order valence-electron chi connectivity index (χ0n) is 20.0. The van der Waals surface area contributed by atoms with Gasteiger partial charge in [-0.15, -0.1) is 0 Å². The standard InChI is InChI=1S/C29H32N2O3/c1-21(2)25(28(33)34-3)19-30-27(32)26-20-31(26)29(22-13-7-4-8-14-22,23-15-9-5-10-16-23)24-17-11-6-12-18-24/h4-18,21,25-26H,19-20H2,1-3H3,(H,30,32)/t25-,26?,31?/m0/s1. The molecule has 1 saturated heterocycles. The van der Waals surface area contributed by atoms with Crippen molar-refractivity contribution in [3.05, 3.63) is 108 Å². The first-order valence-electron chi connectivity index (χ1n) is 11.8. The number of esters is 1. The Morgan fingerprint density at radius 2 is 1.32 bits per heavy atom. The van der Waals surface area contributed by atoms with Gasteiger partial charge in [0.1, 0.15) is 6.04 Å². The van der Waals surface area contributed by atoms with Crippen molar-refractivity contribution in [2.75, 3.05) is 20.2 Å². The fraction of sp³-hybridized carbons (Fsp3) is 0.310. The van der Waals surface area contributed by atoms with Gasteiger partial charge in [0.25, 0.3) is 0 Å². The topological polar surface area (TPSA) is 58.4 Å². The highest BCUT2D eigenvalue weighted by Crippen LogP contribution is 2.48. The molecule has 3 aromatic carbocycles. The minimum Gasteiger partial charge on any atom is -0.469 e. The van der Waals surface area contributed by atoms with Crippen molar-refractivity contribution in [2.24, 2.45) is 11.8 Å². The number of hydrogen-bond donors (Lipinski definition) is 1. The molecule has 0 bridgehead atoms. The fourth-order valence-corrected chi connectivity index (χ4v) is 4.84. The van der Waals surface area contributed by atoms with Crippen LogP contribution in [0.15, 0.2) is 91.0 Å². The molecule has 0 saturated carbocycles. The molecular weight excluding hydrogens is 424 g/mol. The molecule has 0 aliphatic carbocycles. The molecule has 5 heteroatoms. The highest BCUT2D eigenvalue weighted by atomic mass is 16.5. The smallest absolute Gasteiger partial charge is 0.310 e. The van der Waals surface area contributed by atoms with Gasteiger partial charge >= 0.3 is 5.97 Å². The van der Waals surface area contributed by atoms with E-state index in [0.717, 1.165) is 16.7 Å². The van der Waals surface area contributed by atoms with Crippen LogP contribution in [-0.4, -0.2) is 43.0 Å². The number of benzene rings is 3. The first-order chi connectivity index (χ1) is 16.5. The Balaban J connectivity index is 1.69. The molecule has 1 aliphatic rings. The monoisotopic (exact) mass is 456 g/mol. The quantitative estimate of drug-likeness (QED) is 0.298. The lowest BCUT2D eigenvalue weighted by Crippen LogP contribution is -2.43. The largest absolute Gasteiger partial charge is 0.469 e. The molecule has 1 heterocycles. The summed E-state index contributed by atoms with van der Waals surface area (Å²) in [6, 6.07) is 30.7. The number of amides is 1. The number of carbonyl (C=O) groups is 2. The molecule has 176 valence electrons. The molecule has 2 unspecified atom stereocenters. The number of nitrogens with one attached hydrogen (secondary N) is 1. The normalized spacial score (nSPS) is 18.2. The van der Waals surface area contributed by atoms with E-state index in [1.165, 1.54) is 7.11 Å². The molecule has 0 radical (unpaired) electrons. The summed E-state index contributed by atoms with van der Waals surface area (Å²) < 4.78 is 4.93. The van der Waals surface area contributed by atoms with Gasteiger partial charge in [0, 0.05) is 13.1 Å². The minimum atomic E-state index is -0.606. The summed E-state index contributed by atoms with van der Waals surface area (Å²) in [5.74, 6) is -0.666. The Labute approximate surface area is 201 Å². The van der Waals surface area contributed by atoms with Crippen LogP contribution in [-0.2, 0) is 19.9 Å². The van der Waals surface area contributed by atoms with Crippen LogP contribution in [0.1, 0.15) is 30.5 Å². The summed E-state index contributed by atoms with van der Waals surface area (Å²) in [5.41, 5.74) is 2.72.